The normalized spacial score (nSPS) is 10.3. The number of benzene rings is 1. The van der Waals surface area contributed by atoms with Gasteiger partial charge in [0.05, 0.1) is 29.0 Å². The molecule has 0 unspecified atom stereocenters. The summed E-state index contributed by atoms with van der Waals surface area (Å²) in [6, 6.07) is 8.93. The molecule has 0 fully saturated rings. The van der Waals surface area contributed by atoms with Gasteiger partial charge in [0.2, 0.25) is 5.88 Å². The van der Waals surface area contributed by atoms with Crippen molar-refractivity contribution < 1.29 is 20.1 Å². The summed E-state index contributed by atoms with van der Waals surface area (Å²) in [6.45, 7) is 0. The summed E-state index contributed by atoms with van der Waals surface area (Å²) in [7, 11) is 0. The highest BCUT2D eigenvalue weighted by Crippen LogP contribution is 2.36. The molecule has 0 spiro atoms. The van der Waals surface area contributed by atoms with E-state index in [1.54, 1.807) is 0 Å². The van der Waals surface area contributed by atoms with Gasteiger partial charge >= 0.3 is 5.97 Å². The third-order valence-corrected chi connectivity index (χ3v) is 3.37. The number of aromatic carboxylic acids is 1. The van der Waals surface area contributed by atoms with Crippen LogP contribution < -0.4 is 0 Å². The molecule has 3 N–H and O–H groups in total. The zero-order valence-electron chi connectivity index (χ0n) is 12.1. The first-order valence-electron chi connectivity index (χ1n) is 6.71. The first-order chi connectivity index (χ1) is 11.5. The van der Waals surface area contributed by atoms with Gasteiger partial charge in [0, 0.05) is 11.8 Å². The Morgan fingerprint density at radius 3 is 2.50 bits per heavy atom. The molecule has 2 aromatic heterocycles. The largest absolute Gasteiger partial charge is 0.507 e. The molecule has 8 heteroatoms. The molecule has 0 aliphatic carbocycles. The predicted octanol–water partition coefficient (Wildman–Crippen LogP) is 1.92. The number of carboxylic acids is 1. The number of hydrogen-bond donors (Lipinski definition) is 3. The molecule has 0 aliphatic heterocycles. The minimum absolute atomic E-state index is 0.00959. The van der Waals surface area contributed by atoms with E-state index in [4.69, 9.17) is 10.4 Å². The van der Waals surface area contributed by atoms with Crippen LogP contribution in [0.1, 0.15) is 15.9 Å². The van der Waals surface area contributed by atoms with Crippen LogP contribution in [-0.4, -0.2) is 36.1 Å². The van der Waals surface area contributed by atoms with E-state index in [1.807, 2.05) is 6.07 Å². The maximum absolute atomic E-state index is 10.8. The second-order valence-corrected chi connectivity index (χ2v) is 4.85. The Balaban J connectivity index is 2.03. The van der Waals surface area contributed by atoms with Gasteiger partial charge in [-0.2, -0.15) is 15.0 Å². The van der Waals surface area contributed by atoms with E-state index in [2.05, 4.69) is 10.1 Å². The minimum atomic E-state index is -1.11. The molecule has 1 aromatic carbocycles. The number of hydrogen-bond acceptors (Lipinski definition) is 6. The fourth-order valence-corrected chi connectivity index (χ4v) is 2.17. The van der Waals surface area contributed by atoms with Gasteiger partial charge in [-0.3, -0.25) is 0 Å². The van der Waals surface area contributed by atoms with Crippen LogP contribution in [0.4, 0.5) is 0 Å². The fourth-order valence-electron chi connectivity index (χ4n) is 2.17. The van der Waals surface area contributed by atoms with Crippen LogP contribution in [0.5, 0.6) is 11.6 Å². The van der Waals surface area contributed by atoms with E-state index in [0.29, 0.717) is 5.56 Å². The molecule has 2 heterocycles. The Hall–Kier alpha value is -3.86. The summed E-state index contributed by atoms with van der Waals surface area (Å²) in [6.07, 6.45) is 2.49. The number of aromatic hydroxyl groups is 2. The molecule has 8 nitrogen and oxygen atoms in total. The summed E-state index contributed by atoms with van der Waals surface area (Å²) in [4.78, 5) is 14.8. The molecule has 3 rings (SSSR count). The van der Waals surface area contributed by atoms with Crippen molar-refractivity contribution in [3.63, 3.8) is 0 Å². The van der Waals surface area contributed by atoms with Crippen molar-refractivity contribution in [3.05, 3.63) is 53.9 Å². The van der Waals surface area contributed by atoms with E-state index < -0.39 is 5.97 Å². The Kier molecular flexibility index (Phi) is 3.60. The number of phenolic OH excluding ortho intramolecular Hbond substituents is 1. The van der Waals surface area contributed by atoms with Crippen LogP contribution in [0.25, 0.3) is 16.9 Å². The SMILES string of the molecule is N#Cc1ccc(-c2cnn(-c3ccc(C(=O)O)cn3)c2O)c(O)c1. The molecule has 3 aromatic rings. The molecule has 0 bridgehead atoms. The maximum atomic E-state index is 10.8. The van der Waals surface area contributed by atoms with Crippen molar-refractivity contribution in [3.8, 4) is 34.6 Å². The van der Waals surface area contributed by atoms with Crippen molar-refractivity contribution in [2.24, 2.45) is 0 Å². The molecule has 0 radical (unpaired) electrons. The van der Waals surface area contributed by atoms with Crippen LogP contribution in [0.2, 0.25) is 0 Å². The molecule has 0 amide bonds. The molecule has 24 heavy (non-hydrogen) atoms. The van der Waals surface area contributed by atoms with E-state index in [0.717, 1.165) is 10.9 Å². The second-order valence-electron chi connectivity index (χ2n) is 4.85. The lowest BCUT2D eigenvalue weighted by Gasteiger charge is -2.05. The summed E-state index contributed by atoms with van der Waals surface area (Å²) >= 11 is 0. The molecular formula is C16H10N4O4. The third-order valence-electron chi connectivity index (χ3n) is 3.37. The lowest BCUT2D eigenvalue weighted by Crippen LogP contribution is -2.02. The molecule has 0 aliphatic rings. The Morgan fingerprint density at radius 1 is 1.12 bits per heavy atom. The number of carboxylic acid groups (broad SMARTS) is 1. The van der Waals surface area contributed by atoms with E-state index in [1.165, 1.54) is 36.5 Å². The first kappa shape index (κ1) is 15.1. The third kappa shape index (κ3) is 2.50. The van der Waals surface area contributed by atoms with Gasteiger partial charge in [-0.25, -0.2) is 9.78 Å². The van der Waals surface area contributed by atoms with Crippen LogP contribution >= 0.6 is 0 Å². The van der Waals surface area contributed by atoms with Crippen LogP contribution in [0, 0.1) is 11.3 Å². The maximum Gasteiger partial charge on any atom is 0.337 e. The van der Waals surface area contributed by atoms with Crippen molar-refractivity contribution >= 4 is 5.97 Å². The van der Waals surface area contributed by atoms with Crippen molar-refractivity contribution in [2.45, 2.75) is 0 Å². The van der Waals surface area contributed by atoms with Gasteiger partial charge in [0.25, 0.3) is 0 Å². The summed E-state index contributed by atoms with van der Waals surface area (Å²) in [5.74, 6) is -1.33. The van der Waals surface area contributed by atoms with Gasteiger partial charge in [0.1, 0.15) is 5.75 Å². The highest BCUT2D eigenvalue weighted by atomic mass is 16.4. The topological polar surface area (TPSA) is 132 Å². The molecule has 0 saturated carbocycles. The number of rotatable bonds is 3. The smallest absolute Gasteiger partial charge is 0.337 e. The van der Waals surface area contributed by atoms with Gasteiger partial charge in [-0.1, -0.05) is 0 Å². The summed E-state index contributed by atoms with van der Waals surface area (Å²) in [5.41, 5.74) is 0.852. The first-order valence-corrected chi connectivity index (χ1v) is 6.71. The van der Waals surface area contributed by atoms with Crippen LogP contribution in [0.15, 0.2) is 42.7 Å². The van der Waals surface area contributed by atoms with Gasteiger partial charge in [-0.15, -0.1) is 0 Å². The van der Waals surface area contributed by atoms with Gasteiger partial charge in [0.15, 0.2) is 5.82 Å². The average molecular weight is 322 g/mol. The van der Waals surface area contributed by atoms with Crippen molar-refractivity contribution in [1.82, 2.24) is 14.8 Å². The molecular weight excluding hydrogens is 312 g/mol. The Morgan fingerprint density at radius 2 is 1.92 bits per heavy atom. The van der Waals surface area contributed by atoms with Gasteiger partial charge in [-0.05, 0) is 30.3 Å². The Labute approximate surface area is 135 Å². The Bertz CT molecular complexity index is 971. The quantitative estimate of drug-likeness (QED) is 0.671. The standard InChI is InChI=1S/C16H10N4O4/c17-6-9-1-3-11(13(21)5-9)12-8-19-20(15(12)22)14-4-2-10(7-18-14)16(23)24/h1-5,7-8,21-22H,(H,23,24). The highest BCUT2D eigenvalue weighted by Gasteiger charge is 2.17. The van der Waals surface area contributed by atoms with Crippen LogP contribution in [-0.2, 0) is 0 Å². The lowest BCUT2D eigenvalue weighted by atomic mass is 10.1. The predicted molar refractivity (Wildman–Crippen MR) is 81.8 cm³/mol. The monoisotopic (exact) mass is 322 g/mol. The van der Waals surface area contributed by atoms with Crippen LogP contribution in [0.3, 0.4) is 0 Å². The molecule has 0 saturated heterocycles. The second kappa shape index (κ2) is 5.73. The fraction of sp³-hybridized carbons (Fsp3) is 0. The van der Waals surface area contributed by atoms with E-state index in [-0.39, 0.29) is 34.1 Å². The number of aromatic nitrogens is 3. The van der Waals surface area contributed by atoms with Gasteiger partial charge < -0.3 is 15.3 Å². The lowest BCUT2D eigenvalue weighted by molar-refractivity contribution is 0.0696. The van der Waals surface area contributed by atoms with E-state index in [9.17, 15) is 15.0 Å². The zero-order valence-corrected chi connectivity index (χ0v) is 12.1. The molecule has 118 valence electrons. The summed E-state index contributed by atoms with van der Waals surface area (Å²) < 4.78 is 1.11. The number of phenols is 1. The number of pyridine rings is 1. The van der Waals surface area contributed by atoms with E-state index >= 15 is 0 Å². The average Bonchev–Trinajstić information content (AvgIpc) is 2.96. The number of nitrogens with zero attached hydrogens (tertiary/aromatic N) is 4. The number of nitriles is 1. The number of carbonyl (C=O) groups is 1. The minimum Gasteiger partial charge on any atom is -0.507 e. The highest BCUT2D eigenvalue weighted by molar-refractivity contribution is 5.87. The summed E-state index contributed by atoms with van der Waals surface area (Å²) in [5, 5.41) is 42.0. The van der Waals surface area contributed by atoms with Crippen molar-refractivity contribution in [1.29, 1.82) is 5.26 Å². The molecule has 0 atom stereocenters. The van der Waals surface area contributed by atoms with Crippen molar-refractivity contribution in [2.75, 3.05) is 0 Å². The zero-order chi connectivity index (χ0) is 17.3.